The smallest absolute Gasteiger partial charge is 0.124 e. The predicted octanol–water partition coefficient (Wildman–Crippen LogP) is 4.31. The summed E-state index contributed by atoms with van der Waals surface area (Å²) in [7, 11) is 2.02. The number of ether oxygens (including phenoxy) is 1. The minimum atomic E-state index is 0.388. The van der Waals surface area contributed by atoms with Gasteiger partial charge in [-0.3, -0.25) is 0 Å². The Bertz CT molecular complexity index is 379. The van der Waals surface area contributed by atoms with Crippen LogP contribution >= 0.6 is 0 Å². The molecular formula is C17H27NO. The van der Waals surface area contributed by atoms with Crippen molar-refractivity contribution in [2.24, 2.45) is 5.92 Å². The van der Waals surface area contributed by atoms with Crippen LogP contribution in [-0.2, 0) is 0 Å². The molecule has 1 unspecified atom stereocenters. The number of nitrogens with one attached hydrogen (secondary N) is 1. The lowest BCUT2D eigenvalue weighted by molar-refractivity contribution is 0.133. The lowest BCUT2D eigenvalue weighted by Crippen LogP contribution is -2.24. The van der Waals surface area contributed by atoms with E-state index in [1.165, 1.54) is 31.2 Å². The van der Waals surface area contributed by atoms with Crippen molar-refractivity contribution in [1.29, 1.82) is 0 Å². The quantitative estimate of drug-likeness (QED) is 0.852. The molecule has 0 bridgehead atoms. The molecule has 1 atom stereocenters. The Balaban J connectivity index is 2.07. The van der Waals surface area contributed by atoms with Gasteiger partial charge < -0.3 is 10.1 Å². The maximum atomic E-state index is 6.28. The van der Waals surface area contributed by atoms with Crippen LogP contribution in [0, 0.1) is 5.92 Å². The van der Waals surface area contributed by atoms with Crippen LogP contribution in [-0.4, -0.2) is 13.2 Å². The van der Waals surface area contributed by atoms with E-state index in [2.05, 4.69) is 43.4 Å². The van der Waals surface area contributed by atoms with Crippen LogP contribution < -0.4 is 10.1 Å². The molecule has 1 N–H and O–H groups in total. The monoisotopic (exact) mass is 261 g/mol. The maximum absolute atomic E-state index is 6.28. The predicted molar refractivity (Wildman–Crippen MR) is 80.6 cm³/mol. The highest BCUT2D eigenvalue weighted by Crippen LogP contribution is 2.31. The van der Waals surface area contributed by atoms with Gasteiger partial charge in [0.15, 0.2) is 0 Å². The molecule has 1 fully saturated rings. The summed E-state index contributed by atoms with van der Waals surface area (Å²) in [6.07, 6.45) is 6.49. The molecule has 2 nitrogen and oxygen atoms in total. The van der Waals surface area contributed by atoms with E-state index >= 15 is 0 Å². The molecule has 0 amide bonds. The topological polar surface area (TPSA) is 21.3 Å². The van der Waals surface area contributed by atoms with Gasteiger partial charge in [0.1, 0.15) is 5.75 Å². The molecule has 1 aromatic rings. The number of para-hydroxylation sites is 1. The van der Waals surface area contributed by atoms with Crippen LogP contribution in [0.25, 0.3) is 0 Å². The van der Waals surface area contributed by atoms with E-state index < -0.39 is 0 Å². The second kappa shape index (κ2) is 6.95. The summed E-state index contributed by atoms with van der Waals surface area (Å²) in [6.45, 7) is 4.55. The van der Waals surface area contributed by atoms with E-state index in [4.69, 9.17) is 4.74 Å². The van der Waals surface area contributed by atoms with E-state index in [-0.39, 0.29) is 0 Å². The summed E-state index contributed by atoms with van der Waals surface area (Å²) in [5, 5.41) is 3.37. The van der Waals surface area contributed by atoms with Gasteiger partial charge in [0.05, 0.1) is 6.10 Å². The summed E-state index contributed by atoms with van der Waals surface area (Å²) >= 11 is 0. The van der Waals surface area contributed by atoms with Gasteiger partial charge in [-0.25, -0.2) is 0 Å². The zero-order chi connectivity index (χ0) is 13.7. The van der Waals surface area contributed by atoms with Crippen LogP contribution in [0.1, 0.15) is 57.6 Å². The Hall–Kier alpha value is -1.02. The van der Waals surface area contributed by atoms with Crippen LogP contribution in [0.5, 0.6) is 5.75 Å². The summed E-state index contributed by atoms with van der Waals surface area (Å²) in [5.74, 6) is 1.94. The highest BCUT2D eigenvalue weighted by molar-refractivity contribution is 5.36. The van der Waals surface area contributed by atoms with Crippen molar-refractivity contribution in [3.8, 4) is 5.75 Å². The zero-order valence-electron chi connectivity index (χ0n) is 12.5. The van der Waals surface area contributed by atoms with Gasteiger partial charge in [0, 0.05) is 11.6 Å². The molecule has 0 heterocycles. The molecule has 1 aliphatic rings. The molecule has 106 valence electrons. The number of hydrogen-bond acceptors (Lipinski definition) is 2. The minimum Gasteiger partial charge on any atom is -0.490 e. The first-order valence-electron chi connectivity index (χ1n) is 7.67. The SMILES string of the molecule is CCC(NC)c1ccccc1OC1CCC(C)CC1. The Morgan fingerprint density at radius 1 is 1.21 bits per heavy atom. The fourth-order valence-corrected chi connectivity index (χ4v) is 2.98. The van der Waals surface area contributed by atoms with Gasteiger partial charge in [-0.1, -0.05) is 32.0 Å². The number of benzene rings is 1. The standard InChI is InChI=1S/C17H27NO/c1-4-16(18-3)15-7-5-6-8-17(15)19-14-11-9-13(2)10-12-14/h5-8,13-14,16,18H,4,9-12H2,1-3H3. The summed E-state index contributed by atoms with van der Waals surface area (Å²) < 4.78 is 6.28. The van der Waals surface area contributed by atoms with Gasteiger partial charge in [0.25, 0.3) is 0 Å². The summed E-state index contributed by atoms with van der Waals surface area (Å²) in [5.41, 5.74) is 1.30. The third kappa shape index (κ3) is 3.73. The molecular weight excluding hydrogens is 234 g/mol. The highest BCUT2D eigenvalue weighted by atomic mass is 16.5. The average molecular weight is 261 g/mol. The Kier molecular flexibility index (Phi) is 5.26. The van der Waals surface area contributed by atoms with Gasteiger partial charge in [-0.2, -0.15) is 0 Å². The Morgan fingerprint density at radius 2 is 1.89 bits per heavy atom. The van der Waals surface area contributed by atoms with Crippen LogP contribution in [0.2, 0.25) is 0 Å². The van der Waals surface area contributed by atoms with Gasteiger partial charge >= 0.3 is 0 Å². The van der Waals surface area contributed by atoms with Crippen molar-refractivity contribution in [2.75, 3.05) is 7.05 Å². The molecule has 19 heavy (non-hydrogen) atoms. The van der Waals surface area contributed by atoms with Crippen molar-refractivity contribution >= 4 is 0 Å². The third-order valence-electron chi connectivity index (χ3n) is 4.31. The first-order valence-corrected chi connectivity index (χ1v) is 7.67. The summed E-state index contributed by atoms with van der Waals surface area (Å²) in [4.78, 5) is 0. The zero-order valence-corrected chi connectivity index (χ0v) is 12.5. The van der Waals surface area contributed by atoms with E-state index in [9.17, 15) is 0 Å². The number of hydrogen-bond donors (Lipinski definition) is 1. The normalized spacial score (nSPS) is 25.0. The lowest BCUT2D eigenvalue weighted by atomic mass is 9.89. The van der Waals surface area contributed by atoms with Crippen LogP contribution in [0.4, 0.5) is 0 Å². The van der Waals surface area contributed by atoms with Crippen molar-refractivity contribution in [2.45, 2.75) is 58.1 Å². The molecule has 0 aliphatic heterocycles. The fraction of sp³-hybridized carbons (Fsp3) is 0.647. The molecule has 0 spiro atoms. The summed E-state index contributed by atoms with van der Waals surface area (Å²) in [6, 6.07) is 8.87. The van der Waals surface area contributed by atoms with Crippen molar-refractivity contribution in [3.63, 3.8) is 0 Å². The highest BCUT2D eigenvalue weighted by Gasteiger charge is 2.21. The van der Waals surface area contributed by atoms with E-state index in [1.807, 2.05) is 7.05 Å². The molecule has 2 heteroatoms. The second-order valence-corrected chi connectivity index (χ2v) is 5.79. The number of rotatable bonds is 5. The van der Waals surface area contributed by atoms with Crippen molar-refractivity contribution < 1.29 is 4.74 Å². The maximum Gasteiger partial charge on any atom is 0.124 e. The molecule has 0 saturated heterocycles. The fourth-order valence-electron chi connectivity index (χ4n) is 2.98. The van der Waals surface area contributed by atoms with Crippen molar-refractivity contribution in [3.05, 3.63) is 29.8 Å². The van der Waals surface area contributed by atoms with E-state index in [0.29, 0.717) is 12.1 Å². The molecule has 1 aliphatic carbocycles. The van der Waals surface area contributed by atoms with Gasteiger partial charge in [0.2, 0.25) is 0 Å². The van der Waals surface area contributed by atoms with Crippen LogP contribution in [0.3, 0.4) is 0 Å². The Morgan fingerprint density at radius 3 is 2.53 bits per heavy atom. The van der Waals surface area contributed by atoms with E-state index in [0.717, 1.165) is 18.1 Å². The third-order valence-corrected chi connectivity index (χ3v) is 4.31. The molecule has 0 radical (unpaired) electrons. The van der Waals surface area contributed by atoms with Crippen molar-refractivity contribution in [1.82, 2.24) is 5.32 Å². The molecule has 0 aromatic heterocycles. The van der Waals surface area contributed by atoms with Gasteiger partial charge in [-0.15, -0.1) is 0 Å². The van der Waals surface area contributed by atoms with Crippen LogP contribution in [0.15, 0.2) is 24.3 Å². The Labute approximate surface area is 117 Å². The first kappa shape index (κ1) is 14.4. The molecule has 1 aromatic carbocycles. The average Bonchev–Trinajstić information content (AvgIpc) is 2.44. The first-order chi connectivity index (χ1) is 9.24. The molecule has 1 saturated carbocycles. The minimum absolute atomic E-state index is 0.388. The lowest BCUT2D eigenvalue weighted by Gasteiger charge is -2.28. The van der Waals surface area contributed by atoms with Gasteiger partial charge in [-0.05, 0) is 51.1 Å². The largest absolute Gasteiger partial charge is 0.490 e. The van der Waals surface area contributed by atoms with E-state index in [1.54, 1.807) is 0 Å². The molecule has 2 rings (SSSR count). The second-order valence-electron chi connectivity index (χ2n) is 5.79.